The minimum atomic E-state index is 0.458. The van der Waals surface area contributed by atoms with Gasteiger partial charge in [-0.3, -0.25) is 4.90 Å². The molecule has 0 aromatic carbocycles. The summed E-state index contributed by atoms with van der Waals surface area (Å²) in [5.41, 5.74) is 2.59. The van der Waals surface area contributed by atoms with E-state index < -0.39 is 0 Å². The first kappa shape index (κ1) is 14.8. The van der Waals surface area contributed by atoms with Gasteiger partial charge in [0.25, 0.3) is 0 Å². The van der Waals surface area contributed by atoms with Crippen molar-refractivity contribution in [2.75, 3.05) is 31.3 Å². The van der Waals surface area contributed by atoms with Crippen LogP contribution in [-0.4, -0.2) is 35.5 Å². The molecule has 0 saturated carbocycles. The predicted octanol–water partition coefficient (Wildman–Crippen LogP) is 2.90. The Labute approximate surface area is 131 Å². The van der Waals surface area contributed by atoms with Gasteiger partial charge in [0.2, 0.25) is 0 Å². The molecule has 1 atom stereocenters. The molecular weight excluding hydrogens is 274 g/mol. The molecule has 0 aliphatic carbocycles. The summed E-state index contributed by atoms with van der Waals surface area (Å²) in [5, 5.41) is 6.31. The molecule has 1 aliphatic heterocycles. The Morgan fingerprint density at radius 2 is 2.09 bits per heavy atom. The van der Waals surface area contributed by atoms with Crippen LogP contribution >= 0.6 is 0 Å². The Balaban J connectivity index is 1.81. The van der Waals surface area contributed by atoms with Crippen molar-refractivity contribution in [3.63, 3.8) is 0 Å². The van der Waals surface area contributed by atoms with Crippen LogP contribution in [0.4, 0.5) is 11.6 Å². The molecule has 2 aromatic rings. The van der Waals surface area contributed by atoms with Crippen LogP contribution < -0.4 is 10.6 Å². The maximum Gasteiger partial charge on any atom is 0.130 e. The van der Waals surface area contributed by atoms with E-state index in [1.54, 1.807) is 0 Å². The van der Waals surface area contributed by atoms with E-state index in [9.17, 15) is 0 Å². The SMILES string of the molecule is CNc1cc(C2CCCN2Cc2cccnc2NC)ccn1. The Kier molecular flexibility index (Phi) is 4.53. The van der Waals surface area contributed by atoms with E-state index in [1.807, 2.05) is 32.6 Å². The molecule has 1 saturated heterocycles. The van der Waals surface area contributed by atoms with Gasteiger partial charge < -0.3 is 10.6 Å². The van der Waals surface area contributed by atoms with Crippen LogP contribution in [0.5, 0.6) is 0 Å². The molecule has 3 rings (SSSR count). The molecule has 0 amide bonds. The van der Waals surface area contributed by atoms with E-state index in [2.05, 4.69) is 43.7 Å². The van der Waals surface area contributed by atoms with E-state index in [-0.39, 0.29) is 0 Å². The number of aromatic nitrogens is 2. The van der Waals surface area contributed by atoms with E-state index in [4.69, 9.17) is 0 Å². The van der Waals surface area contributed by atoms with Gasteiger partial charge in [-0.15, -0.1) is 0 Å². The van der Waals surface area contributed by atoms with Gasteiger partial charge in [-0.2, -0.15) is 0 Å². The maximum atomic E-state index is 4.41. The smallest absolute Gasteiger partial charge is 0.130 e. The van der Waals surface area contributed by atoms with E-state index in [0.29, 0.717) is 6.04 Å². The van der Waals surface area contributed by atoms with Crippen LogP contribution in [0, 0.1) is 0 Å². The second-order valence-electron chi connectivity index (χ2n) is 5.61. The summed E-state index contributed by atoms with van der Waals surface area (Å²) in [6.45, 7) is 2.05. The molecule has 2 N–H and O–H groups in total. The average molecular weight is 297 g/mol. The Bertz CT molecular complexity index is 628. The van der Waals surface area contributed by atoms with Crippen LogP contribution in [-0.2, 0) is 6.54 Å². The van der Waals surface area contributed by atoms with E-state index in [0.717, 1.165) is 24.7 Å². The second kappa shape index (κ2) is 6.75. The average Bonchev–Trinajstić information content (AvgIpc) is 3.03. The van der Waals surface area contributed by atoms with Gasteiger partial charge in [0, 0.05) is 44.6 Å². The lowest BCUT2D eigenvalue weighted by atomic mass is 10.1. The molecule has 5 heteroatoms. The molecule has 0 radical (unpaired) electrons. The summed E-state index contributed by atoms with van der Waals surface area (Å²) in [6.07, 6.45) is 6.15. The standard InChI is InChI=1S/C17H23N5/c1-18-16-11-13(7-9-20-16)15-6-4-10-22(15)12-14-5-3-8-21-17(14)19-2/h3,5,7-9,11,15H,4,6,10,12H2,1-2H3,(H,18,20)(H,19,21). The number of rotatable bonds is 5. The molecule has 116 valence electrons. The number of nitrogens with one attached hydrogen (secondary N) is 2. The molecule has 3 heterocycles. The first-order valence-electron chi connectivity index (χ1n) is 7.81. The van der Waals surface area contributed by atoms with Gasteiger partial charge in [0.15, 0.2) is 0 Å². The fourth-order valence-corrected chi connectivity index (χ4v) is 3.19. The molecule has 1 aliphatic rings. The molecule has 0 spiro atoms. The number of hydrogen-bond donors (Lipinski definition) is 2. The van der Waals surface area contributed by atoms with Gasteiger partial charge in [0.05, 0.1) is 0 Å². The Hall–Kier alpha value is -2.14. The highest BCUT2D eigenvalue weighted by atomic mass is 15.2. The molecule has 5 nitrogen and oxygen atoms in total. The van der Waals surface area contributed by atoms with Gasteiger partial charge >= 0.3 is 0 Å². The fourth-order valence-electron chi connectivity index (χ4n) is 3.19. The van der Waals surface area contributed by atoms with Crippen LogP contribution in [0.2, 0.25) is 0 Å². The Morgan fingerprint density at radius 3 is 2.91 bits per heavy atom. The van der Waals surface area contributed by atoms with Crippen molar-refractivity contribution in [3.05, 3.63) is 47.8 Å². The van der Waals surface area contributed by atoms with Crippen LogP contribution in [0.15, 0.2) is 36.7 Å². The lowest BCUT2D eigenvalue weighted by Gasteiger charge is -2.25. The van der Waals surface area contributed by atoms with Crippen molar-refractivity contribution < 1.29 is 0 Å². The van der Waals surface area contributed by atoms with Gasteiger partial charge in [-0.05, 0) is 43.1 Å². The largest absolute Gasteiger partial charge is 0.373 e. The van der Waals surface area contributed by atoms with Crippen molar-refractivity contribution in [2.24, 2.45) is 0 Å². The summed E-state index contributed by atoms with van der Waals surface area (Å²) in [7, 11) is 3.84. The highest BCUT2D eigenvalue weighted by Crippen LogP contribution is 2.34. The van der Waals surface area contributed by atoms with Gasteiger partial charge in [0.1, 0.15) is 11.6 Å². The molecule has 2 aromatic heterocycles. The summed E-state index contributed by atoms with van der Waals surface area (Å²) >= 11 is 0. The van der Waals surface area contributed by atoms with Crippen LogP contribution in [0.1, 0.15) is 30.0 Å². The van der Waals surface area contributed by atoms with Crippen LogP contribution in [0.3, 0.4) is 0 Å². The zero-order chi connectivity index (χ0) is 15.4. The van der Waals surface area contributed by atoms with Crippen molar-refractivity contribution in [1.29, 1.82) is 0 Å². The number of pyridine rings is 2. The highest BCUT2D eigenvalue weighted by molar-refractivity contribution is 5.43. The minimum Gasteiger partial charge on any atom is -0.373 e. The third-order valence-corrected chi connectivity index (χ3v) is 4.29. The zero-order valence-corrected chi connectivity index (χ0v) is 13.2. The topological polar surface area (TPSA) is 53.1 Å². The third kappa shape index (κ3) is 3.04. The number of hydrogen-bond acceptors (Lipinski definition) is 5. The van der Waals surface area contributed by atoms with E-state index >= 15 is 0 Å². The normalized spacial score (nSPS) is 18.4. The summed E-state index contributed by atoms with van der Waals surface area (Å²) < 4.78 is 0. The molecule has 1 fully saturated rings. The second-order valence-corrected chi connectivity index (χ2v) is 5.61. The predicted molar refractivity (Wildman–Crippen MR) is 90.0 cm³/mol. The van der Waals surface area contributed by atoms with Gasteiger partial charge in [-0.25, -0.2) is 9.97 Å². The summed E-state index contributed by atoms with van der Waals surface area (Å²) in [6, 6.07) is 8.91. The quantitative estimate of drug-likeness (QED) is 0.889. The van der Waals surface area contributed by atoms with Crippen molar-refractivity contribution in [1.82, 2.24) is 14.9 Å². The Morgan fingerprint density at radius 1 is 1.18 bits per heavy atom. The summed E-state index contributed by atoms with van der Waals surface area (Å²) in [5.74, 6) is 1.90. The lowest BCUT2D eigenvalue weighted by Crippen LogP contribution is -2.23. The first-order chi connectivity index (χ1) is 10.8. The van der Waals surface area contributed by atoms with Crippen LogP contribution in [0.25, 0.3) is 0 Å². The van der Waals surface area contributed by atoms with Crippen molar-refractivity contribution in [2.45, 2.75) is 25.4 Å². The monoisotopic (exact) mass is 297 g/mol. The number of likely N-dealkylation sites (tertiary alicyclic amines) is 1. The number of anilines is 2. The third-order valence-electron chi connectivity index (χ3n) is 4.29. The minimum absolute atomic E-state index is 0.458. The zero-order valence-electron chi connectivity index (χ0n) is 13.2. The van der Waals surface area contributed by atoms with Crippen molar-refractivity contribution >= 4 is 11.6 Å². The molecule has 1 unspecified atom stereocenters. The number of nitrogens with zero attached hydrogens (tertiary/aromatic N) is 3. The lowest BCUT2D eigenvalue weighted by molar-refractivity contribution is 0.248. The highest BCUT2D eigenvalue weighted by Gasteiger charge is 2.26. The van der Waals surface area contributed by atoms with Gasteiger partial charge in [-0.1, -0.05) is 6.07 Å². The molecule has 0 bridgehead atoms. The summed E-state index contributed by atoms with van der Waals surface area (Å²) in [4.78, 5) is 11.3. The first-order valence-corrected chi connectivity index (χ1v) is 7.81. The molecular formula is C17H23N5. The fraction of sp³-hybridized carbons (Fsp3) is 0.412. The maximum absolute atomic E-state index is 4.41. The molecule has 22 heavy (non-hydrogen) atoms. The van der Waals surface area contributed by atoms with Crippen molar-refractivity contribution in [3.8, 4) is 0 Å². The van der Waals surface area contributed by atoms with E-state index in [1.165, 1.54) is 24.0 Å².